The van der Waals surface area contributed by atoms with Gasteiger partial charge in [0, 0.05) is 5.56 Å². The third-order valence-electron chi connectivity index (χ3n) is 3.36. The molecule has 0 aliphatic rings. The first-order chi connectivity index (χ1) is 11.6. The molecule has 0 saturated heterocycles. The van der Waals surface area contributed by atoms with E-state index >= 15 is 0 Å². The maximum absolute atomic E-state index is 6.24. The molecule has 0 aliphatic carbocycles. The first kappa shape index (κ1) is 16.4. The number of nitrogens with one attached hydrogen (secondary N) is 1. The Morgan fingerprint density at radius 1 is 1.17 bits per heavy atom. The van der Waals surface area contributed by atoms with E-state index in [0.717, 1.165) is 11.1 Å². The van der Waals surface area contributed by atoms with Crippen molar-refractivity contribution in [1.29, 1.82) is 0 Å². The minimum absolute atomic E-state index is 0.408. The van der Waals surface area contributed by atoms with Crippen LogP contribution in [0.1, 0.15) is 11.1 Å². The molecule has 0 atom stereocenters. The minimum Gasteiger partial charge on any atom is -0.250 e. The average Bonchev–Trinajstić information content (AvgIpc) is 2.95. The molecule has 0 amide bonds. The molecule has 0 saturated carbocycles. The molecule has 3 aromatic rings. The summed E-state index contributed by atoms with van der Waals surface area (Å²) < 4.78 is 1.97. The fraction of sp³-hybridized carbons (Fsp3) is 0.0556. The lowest BCUT2D eigenvalue weighted by atomic mass is 10.1. The topological polar surface area (TPSA) is 46.0 Å². The molecule has 3 rings (SSSR count). The summed E-state index contributed by atoms with van der Waals surface area (Å²) in [6, 6.07) is 17.8. The molecular formula is C18H15ClN4S. The van der Waals surface area contributed by atoms with Gasteiger partial charge in [0.15, 0.2) is 5.82 Å². The van der Waals surface area contributed by atoms with Gasteiger partial charge in [-0.1, -0.05) is 71.8 Å². The van der Waals surface area contributed by atoms with Gasteiger partial charge in [0.25, 0.3) is 0 Å². The molecule has 1 aromatic heterocycles. The van der Waals surface area contributed by atoms with Crippen LogP contribution in [-0.4, -0.2) is 21.1 Å². The molecule has 0 fully saturated rings. The summed E-state index contributed by atoms with van der Waals surface area (Å²) in [6.07, 6.45) is 3.39. The largest absolute Gasteiger partial charge is 0.250 e. The Balaban J connectivity index is 1.90. The molecule has 1 heterocycles. The summed E-state index contributed by atoms with van der Waals surface area (Å²) >= 11 is 11.5. The minimum atomic E-state index is 0.408. The van der Waals surface area contributed by atoms with Gasteiger partial charge in [0.05, 0.1) is 11.2 Å². The van der Waals surface area contributed by atoms with E-state index in [0.29, 0.717) is 15.6 Å². The number of rotatable bonds is 4. The van der Waals surface area contributed by atoms with E-state index in [1.165, 1.54) is 5.56 Å². The summed E-state index contributed by atoms with van der Waals surface area (Å²) in [6.45, 7) is 2.03. The van der Waals surface area contributed by atoms with Crippen LogP contribution < -0.4 is 0 Å². The summed E-state index contributed by atoms with van der Waals surface area (Å²) in [5, 5.41) is 11.9. The van der Waals surface area contributed by atoms with Gasteiger partial charge in [-0.3, -0.25) is 0 Å². The molecule has 24 heavy (non-hydrogen) atoms. The van der Waals surface area contributed by atoms with E-state index in [-0.39, 0.29) is 0 Å². The van der Waals surface area contributed by atoms with E-state index in [2.05, 4.69) is 15.3 Å². The molecule has 0 spiro atoms. The highest BCUT2D eigenvalue weighted by molar-refractivity contribution is 7.71. The SMILES string of the molecule is Cc1ccc(-c2n[nH]c(=S)n2N=CC(Cl)=Cc2ccccc2)cc1. The molecule has 0 bridgehead atoms. The standard InChI is InChI=1S/C18H15ClN4S/c1-13-7-9-15(10-8-13)17-21-22-18(24)23(17)20-12-16(19)11-14-5-3-2-4-6-14/h2-12H,1H3,(H,22,24). The number of allylic oxidation sites excluding steroid dienone is 1. The van der Waals surface area contributed by atoms with Gasteiger partial charge in [0.1, 0.15) is 0 Å². The maximum atomic E-state index is 6.24. The van der Waals surface area contributed by atoms with Crippen LogP contribution in [0.2, 0.25) is 0 Å². The number of benzene rings is 2. The van der Waals surface area contributed by atoms with E-state index in [1.807, 2.05) is 67.6 Å². The number of halogens is 1. The monoisotopic (exact) mass is 354 g/mol. The number of nitrogens with zero attached hydrogens (tertiary/aromatic N) is 3. The van der Waals surface area contributed by atoms with Crippen LogP contribution in [0.15, 0.2) is 64.7 Å². The van der Waals surface area contributed by atoms with Crippen LogP contribution in [0.5, 0.6) is 0 Å². The zero-order valence-electron chi connectivity index (χ0n) is 13.0. The van der Waals surface area contributed by atoms with Crippen molar-refractivity contribution >= 4 is 36.1 Å². The summed E-state index contributed by atoms with van der Waals surface area (Å²) in [5.74, 6) is 0.639. The Kier molecular flexibility index (Phi) is 5.03. The second-order valence-corrected chi connectivity index (χ2v) is 6.04. The van der Waals surface area contributed by atoms with Crippen LogP contribution in [-0.2, 0) is 0 Å². The predicted octanol–water partition coefficient (Wildman–Crippen LogP) is 5.03. The predicted molar refractivity (Wildman–Crippen MR) is 102 cm³/mol. The zero-order valence-corrected chi connectivity index (χ0v) is 14.6. The van der Waals surface area contributed by atoms with Crippen molar-refractivity contribution in [1.82, 2.24) is 14.9 Å². The number of aryl methyl sites for hydroxylation is 1. The maximum Gasteiger partial charge on any atom is 0.216 e. The van der Waals surface area contributed by atoms with Gasteiger partial charge in [0.2, 0.25) is 4.77 Å². The lowest BCUT2D eigenvalue weighted by Crippen LogP contribution is -1.94. The third-order valence-corrected chi connectivity index (χ3v) is 3.83. The molecule has 120 valence electrons. The smallest absolute Gasteiger partial charge is 0.216 e. The van der Waals surface area contributed by atoms with E-state index in [1.54, 1.807) is 10.9 Å². The van der Waals surface area contributed by atoms with Crippen molar-refractivity contribution < 1.29 is 0 Å². The van der Waals surface area contributed by atoms with Gasteiger partial charge in [-0.25, -0.2) is 5.10 Å². The van der Waals surface area contributed by atoms with Crippen LogP contribution in [0.4, 0.5) is 0 Å². The van der Waals surface area contributed by atoms with Crippen LogP contribution in [0.25, 0.3) is 17.5 Å². The Labute approximate surface area is 150 Å². The molecule has 2 aromatic carbocycles. The Morgan fingerprint density at radius 2 is 1.88 bits per heavy atom. The Bertz CT molecular complexity index is 937. The van der Waals surface area contributed by atoms with Crippen LogP contribution in [0.3, 0.4) is 0 Å². The van der Waals surface area contributed by atoms with E-state index < -0.39 is 0 Å². The fourth-order valence-corrected chi connectivity index (χ4v) is 2.50. The summed E-state index contributed by atoms with van der Waals surface area (Å²) in [4.78, 5) is 0. The van der Waals surface area contributed by atoms with Crippen molar-refractivity contribution in [3.8, 4) is 11.4 Å². The van der Waals surface area contributed by atoms with Crippen LogP contribution in [0, 0.1) is 11.7 Å². The summed E-state index contributed by atoms with van der Waals surface area (Å²) in [5.41, 5.74) is 3.11. The molecule has 0 radical (unpaired) electrons. The van der Waals surface area contributed by atoms with Crippen molar-refractivity contribution in [2.75, 3.05) is 0 Å². The van der Waals surface area contributed by atoms with Crippen molar-refractivity contribution in [2.24, 2.45) is 5.10 Å². The van der Waals surface area contributed by atoms with Gasteiger partial charge >= 0.3 is 0 Å². The number of hydrogen-bond acceptors (Lipinski definition) is 3. The lowest BCUT2D eigenvalue weighted by Gasteiger charge is -2.01. The van der Waals surface area contributed by atoms with Crippen molar-refractivity contribution in [3.05, 3.63) is 75.5 Å². The molecule has 0 unspecified atom stereocenters. The van der Waals surface area contributed by atoms with Crippen LogP contribution >= 0.6 is 23.8 Å². The van der Waals surface area contributed by atoms with Crippen molar-refractivity contribution in [3.63, 3.8) is 0 Å². The number of hydrogen-bond donors (Lipinski definition) is 1. The number of H-pyrrole nitrogens is 1. The van der Waals surface area contributed by atoms with Crippen molar-refractivity contribution in [2.45, 2.75) is 6.92 Å². The lowest BCUT2D eigenvalue weighted by molar-refractivity contribution is 0.872. The van der Waals surface area contributed by atoms with Gasteiger partial charge in [-0.15, -0.1) is 0 Å². The normalized spacial score (nSPS) is 12.0. The van der Waals surface area contributed by atoms with Gasteiger partial charge in [-0.05, 0) is 30.8 Å². The van der Waals surface area contributed by atoms with E-state index in [4.69, 9.17) is 23.8 Å². The first-order valence-electron chi connectivity index (χ1n) is 7.34. The third kappa shape index (κ3) is 3.88. The van der Waals surface area contributed by atoms with E-state index in [9.17, 15) is 0 Å². The van der Waals surface area contributed by atoms with Gasteiger partial charge in [-0.2, -0.15) is 14.9 Å². The first-order valence-corrected chi connectivity index (χ1v) is 8.13. The fourth-order valence-electron chi connectivity index (χ4n) is 2.15. The second-order valence-electron chi connectivity index (χ2n) is 5.21. The zero-order chi connectivity index (χ0) is 16.9. The highest BCUT2D eigenvalue weighted by atomic mass is 35.5. The molecule has 1 N–H and O–H groups in total. The highest BCUT2D eigenvalue weighted by Crippen LogP contribution is 2.18. The molecule has 6 heteroatoms. The highest BCUT2D eigenvalue weighted by Gasteiger charge is 2.07. The van der Waals surface area contributed by atoms with Gasteiger partial charge < -0.3 is 0 Å². The summed E-state index contributed by atoms with van der Waals surface area (Å²) in [7, 11) is 0. The number of aromatic nitrogens is 3. The Hall–Kier alpha value is -2.50. The average molecular weight is 355 g/mol. The quantitative estimate of drug-likeness (QED) is 0.527. The number of aromatic amines is 1. The second kappa shape index (κ2) is 7.38. The Morgan fingerprint density at radius 3 is 2.58 bits per heavy atom. The molecular weight excluding hydrogens is 340 g/mol. The molecule has 4 nitrogen and oxygen atoms in total. The molecule has 0 aliphatic heterocycles.